The Morgan fingerprint density at radius 1 is 1.37 bits per heavy atom. The molecule has 0 heterocycles. The minimum atomic E-state index is 0.0622. The molecule has 1 aliphatic carbocycles. The predicted molar refractivity (Wildman–Crippen MR) is 77.4 cm³/mol. The van der Waals surface area contributed by atoms with Gasteiger partial charge < -0.3 is 11.1 Å². The van der Waals surface area contributed by atoms with Crippen LogP contribution in [0.15, 0.2) is 24.3 Å². The Hall–Kier alpha value is -1.35. The first-order valence-corrected chi connectivity index (χ1v) is 7.21. The highest BCUT2D eigenvalue weighted by atomic mass is 16.1. The van der Waals surface area contributed by atoms with Gasteiger partial charge in [-0.2, -0.15) is 0 Å². The number of amides is 1. The first kappa shape index (κ1) is 14.1. The monoisotopic (exact) mass is 260 g/mol. The van der Waals surface area contributed by atoms with E-state index in [0.717, 1.165) is 17.5 Å². The van der Waals surface area contributed by atoms with E-state index in [-0.39, 0.29) is 17.9 Å². The lowest BCUT2D eigenvalue weighted by molar-refractivity contribution is -0.126. The number of carbonyl (C=O) groups excluding carboxylic acids is 1. The molecule has 1 amide bonds. The molecule has 19 heavy (non-hydrogen) atoms. The molecule has 1 aromatic rings. The van der Waals surface area contributed by atoms with Crippen molar-refractivity contribution in [1.82, 2.24) is 5.32 Å². The number of benzene rings is 1. The Morgan fingerprint density at radius 2 is 2.05 bits per heavy atom. The quantitative estimate of drug-likeness (QED) is 0.874. The van der Waals surface area contributed by atoms with Crippen LogP contribution in [0, 0.1) is 11.8 Å². The smallest absolute Gasteiger partial charge is 0.223 e. The number of rotatable bonds is 4. The standard InChI is InChI=1S/C16H24N2O/c1-11-4-3-5-15(11)16(19)18-12(2)14-8-6-13(10-17)7-9-14/h6-9,11-12,15H,3-5,10,17H2,1-2H3,(H,18,19). The highest BCUT2D eigenvalue weighted by Gasteiger charge is 2.30. The summed E-state index contributed by atoms with van der Waals surface area (Å²) in [5.74, 6) is 0.929. The van der Waals surface area contributed by atoms with E-state index in [9.17, 15) is 4.79 Å². The van der Waals surface area contributed by atoms with Crippen LogP contribution in [0.2, 0.25) is 0 Å². The van der Waals surface area contributed by atoms with Gasteiger partial charge in [0.05, 0.1) is 6.04 Å². The highest BCUT2D eigenvalue weighted by molar-refractivity contribution is 5.79. The van der Waals surface area contributed by atoms with E-state index in [1.807, 2.05) is 31.2 Å². The maximum absolute atomic E-state index is 12.2. The highest BCUT2D eigenvalue weighted by Crippen LogP contribution is 2.31. The van der Waals surface area contributed by atoms with Gasteiger partial charge in [0.1, 0.15) is 0 Å². The molecule has 0 saturated heterocycles. The summed E-state index contributed by atoms with van der Waals surface area (Å²) in [5.41, 5.74) is 7.84. The van der Waals surface area contributed by atoms with Crippen LogP contribution in [0.3, 0.4) is 0 Å². The van der Waals surface area contributed by atoms with E-state index >= 15 is 0 Å². The van der Waals surface area contributed by atoms with Gasteiger partial charge in [0.15, 0.2) is 0 Å². The van der Waals surface area contributed by atoms with Crippen LogP contribution in [-0.4, -0.2) is 5.91 Å². The fraction of sp³-hybridized carbons (Fsp3) is 0.562. The van der Waals surface area contributed by atoms with Crippen molar-refractivity contribution in [3.05, 3.63) is 35.4 Å². The molecule has 0 radical (unpaired) electrons. The Morgan fingerprint density at radius 3 is 2.58 bits per heavy atom. The van der Waals surface area contributed by atoms with Crippen molar-refractivity contribution in [3.63, 3.8) is 0 Å². The lowest BCUT2D eigenvalue weighted by Crippen LogP contribution is -2.33. The van der Waals surface area contributed by atoms with Gasteiger partial charge in [-0.3, -0.25) is 4.79 Å². The number of nitrogens with two attached hydrogens (primary N) is 1. The van der Waals surface area contributed by atoms with Crippen molar-refractivity contribution in [2.24, 2.45) is 17.6 Å². The zero-order valence-corrected chi connectivity index (χ0v) is 11.9. The van der Waals surface area contributed by atoms with Crippen LogP contribution in [0.25, 0.3) is 0 Å². The lowest BCUT2D eigenvalue weighted by Gasteiger charge is -2.20. The van der Waals surface area contributed by atoms with Gasteiger partial charge in [0.2, 0.25) is 5.91 Å². The Labute approximate surface area is 115 Å². The molecule has 1 saturated carbocycles. The van der Waals surface area contributed by atoms with Crippen molar-refractivity contribution in [2.45, 2.75) is 45.7 Å². The average Bonchev–Trinajstić information content (AvgIpc) is 2.85. The lowest BCUT2D eigenvalue weighted by atomic mass is 9.96. The van der Waals surface area contributed by atoms with Gasteiger partial charge in [0, 0.05) is 12.5 Å². The molecule has 2 rings (SSSR count). The fourth-order valence-electron chi connectivity index (χ4n) is 2.88. The third-order valence-corrected chi connectivity index (χ3v) is 4.27. The molecule has 3 atom stereocenters. The molecular formula is C16H24N2O. The topological polar surface area (TPSA) is 55.1 Å². The third kappa shape index (κ3) is 3.35. The first-order chi connectivity index (χ1) is 9.11. The van der Waals surface area contributed by atoms with Crippen molar-refractivity contribution in [1.29, 1.82) is 0 Å². The van der Waals surface area contributed by atoms with Crippen molar-refractivity contribution in [3.8, 4) is 0 Å². The molecule has 3 unspecified atom stereocenters. The summed E-state index contributed by atoms with van der Waals surface area (Å²) in [6, 6.07) is 8.20. The molecule has 3 N–H and O–H groups in total. The molecule has 1 fully saturated rings. The summed E-state index contributed by atoms with van der Waals surface area (Å²) in [6.07, 6.45) is 3.39. The van der Waals surface area contributed by atoms with Crippen molar-refractivity contribution < 1.29 is 4.79 Å². The van der Waals surface area contributed by atoms with Gasteiger partial charge in [-0.1, -0.05) is 37.6 Å². The van der Waals surface area contributed by atoms with E-state index in [1.165, 1.54) is 12.8 Å². The molecule has 104 valence electrons. The zero-order valence-electron chi connectivity index (χ0n) is 11.9. The van der Waals surface area contributed by atoms with E-state index < -0.39 is 0 Å². The largest absolute Gasteiger partial charge is 0.349 e. The molecule has 0 aliphatic heterocycles. The Bertz CT molecular complexity index is 427. The van der Waals surface area contributed by atoms with Crippen molar-refractivity contribution >= 4 is 5.91 Å². The zero-order chi connectivity index (χ0) is 13.8. The molecule has 0 aromatic heterocycles. The summed E-state index contributed by atoms with van der Waals surface area (Å²) in [6.45, 7) is 4.77. The maximum Gasteiger partial charge on any atom is 0.223 e. The molecule has 3 nitrogen and oxygen atoms in total. The third-order valence-electron chi connectivity index (χ3n) is 4.27. The maximum atomic E-state index is 12.2. The van der Waals surface area contributed by atoms with Gasteiger partial charge >= 0.3 is 0 Å². The van der Waals surface area contributed by atoms with Gasteiger partial charge in [-0.25, -0.2) is 0 Å². The second-order valence-electron chi connectivity index (χ2n) is 5.69. The summed E-state index contributed by atoms with van der Waals surface area (Å²) < 4.78 is 0. The number of carbonyl (C=O) groups is 1. The number of nitrogens with one attached hydrogen (secondary N) is 1. The van der Waals surface area contributed by atoms with Crippen LogP contribution in [0.1, 0.15) is 50.3 Å². The molecular weight excluding hydrogens is 236 g/mol. The van der Waals surface area contributed by atoms with Crippen LogP contribution < -0.4 is 11.1 Å². The summed E-state index contributed by atoms with van der Waals surface area (Å²) in [4.78, 5) is 12.2. The fourth-order valence-corrected chi connectivity index (χ4v) is 2.88. The average molecular weight is 260 g/mol. The Kier molecular flexibility index (Phi) is 4.59. The van der Waals surface area contributed by atoms with E-state index in [2.05, 4.69) is 12.2 Å². The van der Waals surface area contributed by atoms with Crippen LogP contribution in [0.5, 0.6) is 0 Å². The molecule has 1 aliphatic rings. The molecule has 3 heteroatoms. The van der Waals surface area contributed by atoms with E-state index in [0.29, 0.717) is 12.5 Å². The minimum Gasteiger partial charge on any atom is -0.349 e. The molecule has 0 bridgehead atoms. The second-order valence-corrected chi connectivity index (χ2v) is 5.69. The van der Waals surface area contributed by atoms with E-state index in [4.69, 9.17) is 5.73 Å². The van der Waals surface area contributed by atoms with Crippen LogP contribution >= 0.6 is 0 Å². The summed E-state index contributed by atoms with van der Waals surface area (Å²) >= 11 is 0. The van der Waals surface area contributed by atoms with Gasteiger partial charge in [-0.05, 0) is 36.8 Å². The number of hydrogen-bond acceptors (Lipinski definition) is 2. The van der Waals surface area contributed by atoms with Crippen molar-refractivity contribution in [2.75, 3.05) is 0 Å². The normalized spacial score (nSPS) is 24.2. The summed E-state index contributed by atoms with van der Waals surface area (Å²) in [7, 11) is 0. The molecule has 0 spiro atoms. The first-order valence-electron chi connectivity index (χ1n) is 7.21. The van der Waals surface area contributed by atoms with Crippen LogP contribution in [0.4, 0.5) is 0 Å². The summed E-state index contributed by atoms with van der Waals surface area (Å²) in [5, 5.41) is 3.14. The predicted octanol–water partition coefficient (Wildman–Crippen LogP) is 2.76. The second kappa shape index (κ2) is 6.20. The van der Waals surface area contributed by atoms with Gasteiger partial charge in [-0.15, -0.1) is 0 Å². The van der Waals surface area contributed by atoms with E-state index in [1.54, 1.807) is 0 Å². The van der Waals surface area contributed by atoms with Crippen LogP contribution in [-0.2, 0) is 11.3 Å². The minimum absolute atomic E-state index is 0.0622. The molecule has 1 aromatic carbocycles. The van der Waals surface area contributed by atoms with Gasteiger partial charge in [0.25, 0.3) is 0 Å². The SMILES string of the molecule is CC(NC(=O)C1CCCC1C)c1ccc(CN)cc1. The Balaban J connectivity index is 1.95. The number of hydrogen-bond donors (Lipinski definition) is 2.